The van der Waals surface area contributed by atoms with Crippen LogP contribution in [0.15, 0.2) is 36.5 Å². The Labute approximate surface area is 116 Å². The number of benzene rings is 1. The van der Waals surface area contributed by atoms with E-state index in [4.69, 9.17) is 5.11 Å². The van der Waals surface area contributed by atoms with Gasteiger partial charge in [-0.3, -0.25) is 4.79 Å². The highest BCUT2D eigenvalue weighted by atomic mass is 19.4. The van der Waals surface area contributed by atoms with Crippen LogP contribution in [0.3, 0.4) is 0 Å². The second kappa shape index (κ2) is 5.51. The average Bonchev–Trinajstić information content (AvgIpc) is 2.37. The third-order valence-electron chi connectivity index (χ3n) is 2.80. The molecule has 0 bridgehead atoms. The number of alkyl halides is 3. The van der Waals surface area contributed by atoms with E-state index in [0.29, 0.717) is 0 Å². The van der Waals surface area contributed by atoms with E-state index in [0.717, 1.165) is 24.4 Å². The molecule has 3 nitrogen and oxygen atoms in total. The lowest BCUT2D eigenvalue weighted by atomic mass is 9.98. The smallest absolute Gasteiger partial charge is 0.416 e. The van der Waals surface area contributed by atoms with Crippen LogP contribution in [-0.4, -0.2) is 16.1 Å². The van der Waals surface area contributed by atoms with E-state index in [2.05, 4.69) is 4.98 Å². The first-order valence-corrected chi connectivity index (χ1v) is 5.81. The quantitative estimate of drug-likeness (QED) is 0.696. The van der Waals surface area contributed by atoms with E-state index in [1.165, 1.54) is 12.1 Å². The predicted octanol–water partition coefficient (Wildman–Crippen LogP) is 3.53. The third-order valence-corrected chi connectivity index (χ3v) is 2.80. The van der Waals surface area contributed by atoms with Gasteiger partial charge in [-0.05, 0) is 29.3 Å². The first kappa shape index (κ1) is 15.0. The molecule has 0 aliphatic rings. The summed E-state index contributed by atoms with van der Waals surface area (Å²) in [5.41, 5.74) is -0.515. The van der Waals surface area contributed by atoms with Crippen molar-refractivity contribution in [2.24, 2.45) is 0 Å². The minimum Gasteiger partial charge on any atom is -0.481 e. The van der Waals surface area contributed by atoms with Crippen molar-refractivity contribution in [3.8, 4) is 11.1 Å². The van der Waals surface area contributed by atoms with Gasteiger partial charge >= 0.3 is 12.1 Å². The van der Waals surface area contributed by atoms with Crippen molar-refractivity contribution in [1.82, 2.24) is 4.98 Å². The van der Waals surface area contributed by atoms with Crippen molar-refractivity contribution < 1.29 is 27.5 Å². The monoisotopic (exact) mass is 299 g/mol. The molecule has 1 N–H and O–H groups in total. The number of rotatable bonds is 3. The summed E-state index contributed by atoms with van der Waals surface area (Å²) in [6.45, 7) is 0. The van der Waals surface area contributed by atoms with E-state index in [1.807, 2.05) is 0 Å². The molecule has 0 unspecified atom stereocenters. The second-order valence-electron chi connectivity index (χ2n) is 4.31. The van der Waals surface area contributed by atoms with Crippen LogP contribution >= 0.6 is 0 Å². The van der Waals surface area contributed by atoms with Crippen molar-refractivity contribution >= 4 is 5.97 Å². The topological polar surface area (TPSA) is 50.2 Å². The Kier molecular flexibility index (Phi) is 3.93. The van der Waals surface area contributed by atoms with Gasteiger partial charge < -0.3 is 5.11 Å². The maximum atomic E-state index is 13.1. The minimum atomic E-state index is -4.52. The summed E-state index contributed by atoms with van der Waals surface area (Å²) in [6, 6.07) is 5.27. The summed E-state index contributed by atoms with van der Waals surface area (Å²) in [6.07, 6.45) is -4.00. The van der Waals surface area contributed by atoms with Crippen LogP contribution in [0, 0.1) is 5.95 Å². The van der Waals surface area contributed by atoms with Crippen molar-refractivity contribution in [2.75, 3.05) is 0 Å². The van der Waals surface area contributed by atoms with Gasteiger partial charge in [0.15, 0.2) is 0 Å². The van der Waals surface area contributed by atoms with Crippen LogP contribution in [0.4, 0.5) is 17.6 Å². The predicted molar refractivity (Wildman–Crippen MR) is 66.0 cm³/mol. The maximum absolute atomic E-state index is 13.1. The van der Waals surface area contributed by atoms with Gasteiger partial charge in [-0.25, -0.2) is 4.98 Å². The number of hydrogen-bond acceptors (Lipinski definition) is 2. The molecule has 0 spiro atoms. The van der Waals surface area contributed by atoms with E-state index in [9.17, 15) is 22.4 Å². The molecule has 0 saturated heterocycles. The molecule has 1 aromatic carbocycles. The minimum absolute atomic E-state index is 0.0642. The summed E-state index contributed by atoms with van der Waals surface area (Å²) in [5.74, 6) is -2.10. The van der Waals surface area contributed by atoms with E-state index in [1.54, 1.807) is 0 Å². The number of aromatic nitrogens is 1. The lowest BCUT2D eigenvalue weighted by Crippen LogP contribution is -2.06. The molecule has 0 saturated carbocycles. The Bertz CT molecular complexity index is 683. The zero-order valence-corrected chi connectivity index (χ0v) is 10.5. The van der Waals surface area contributed by atoms with Gasteiger partial charge in [0.25, 0.3) is 0 Å². The molecule has 7 heteroatoms. The summed E-state index contributed by atoms with van der Waals surface area (Å²) in [5, 5.41) is 8.79. The fourth-order valence-corrected chi connectivity index (χ4v) is 1.90. The molecule has 0 fully saturated rings. The largest absolute Gasteiger partial charge is 0.481 e. The molecule has 2 rings (SSSR count). The summed E-state index contributed by atoms with van der Waals surface area (Å²) < 4.78 is 51.2. The van der Waals surface area contributed by atoms with Gasteiger partial charge in [0.05, 0.1) is 12.0 Å². The van der Waals surface area contributed by atoms with Gasteiger partial charge in [-0.2, -0.15) is 17.6 Å². The van der Waals surface area contributed by atoms with Gasteiger partial charge in [-0.1, -0.05) is 12.1 Å². The molecule has 21 heavy (non-hydrogen) atoms. The Morgan fingerprint density at radius 3 is 2.57 bits per heavy atom. The zero-order valence-electron chi connectivity index (χ0n) is 10.5. The molecule has 0 atom stereocenters. The van der Waals surface area contributed by atoms with Crippen molar-refractivity contribution in [3.05, 3.63) is 53.6 Å². The van der Waals surface area contributed by atoms with Crippen molar-refractivity contribution in [3.63, 3.8) is 0 Å². The van der Waals surface area contributed by atoms with Gasteiger partial charge in [-0.15, -0.1) is 0 Å². The normalized spacial score (nSPS) is 11.4. The lowest BCUT2D eigenvalue weighted by molar-refractivity contribution is -0.138. The van der Waals surface area contributed by atoms with Crippen LogP contribution in [-0.2, 0) is 17.4 Å². The summed E-state index contributed by atoms with van der Waals surface area (Å²) >= 11 is 0. The molecular weight excluding hydrogens is 290 g/mol. The summed E-state index contributed by atoms with van der Waals surface area (Å²) in [7, 11) is 0. The van der Waals surface area contributed by atoms with Crippen LogP contribution in [0.2, 0.25) is 0 Å². The van der Waals surface area contributed by atoms with Crippen LogP contribution in [0.5, 0.6) is 0 Å². The standard InChI is InChI=1S/C14H9F4NO2/c15-12-5-9(6-13(20)21)11(7-19-12)8-2-1-3-10(4-8)14(16,17)18/h1-5,7H,6H2,(H,20,21). The fraction of sp³-hybridized carbons (Fsp3) is 0.143. The highest BCUT2D eigenvalue weighted by molar-refractivity contribution is 5.76. The SMILES string of the molecule is O=C(O)Cc1cc(F)ncc1-c1cccc(C(F)(F)F)c1. The second-order valence-corrected chi connectivity index (χ2v) is 4.31. The van der Waals surface area contributed by atoms with E-state index >= 15 is 0 Å². The fourth-order valence-electron chi connectivity index (χ4n) is 1.90. The van der Waals surface area contributed by atoms with E-state index < -0.39 is 30.1 Å². The van der Waals surface area contributed by atoms with Crippen molar-refractivity contribution in [1.29, 1.82) is 0 Å². The third kappa shape index (κ3) is 3.56. The number of aliphatic carboxylic acids is 1. The van der Waals surface area contributed by atoms with Crippen molar-refractivity contribution in [2.45, 2.75) is 12.6 Å². The Hall–Kier alpha value is -2.44. The number of pyridine rings is 1. The number of nitrogens with zero attached hydrogens (tertiary/aromatic N) is 1. The van der Waals surface area contributed by atoms with Gasteiger partial charge in [0, 0.05) is 11.8 Å². The highest BCUT2D eigenvalue weighted by Crippen LogP contribution is 2.33. The van der Waals surface area contributed by atoms with Crippen LogP contribution in [0.25, 0.3) is 11.1 Å². The van der Waals surface area contributed by atoms with Crippen LogP contribution < -0.4 is 0 Å². The maximum Gasteiger partial charge on any atom is 0.416 e. The average molecular weight is 299 g/mol. The molecule has 0 amide bonds. The van der Waals surface area contributed by atoms with Crippen LogP contribution in [0.1, 0.15) is 11.1 Å². The number of carboxylic acids is 1. The number of hydrogen-bond donors (Lipinski definition) is 1. The molecule has 1 aromatic heterocycles. The number of carbonyl (C=O) groups is 1. The number of carboxylic acid groups (broad SMARTS) is 1. The molecule has 110 valence electrons. The Morgan fingerprint density at radius 2 is 1.95 bits per heavy atom. The number of halogens is 4. The van der Waals surface area contributed by atoms with Gasteiger partial charge in [0.1, 0.15) is 0 Å². The molecule has 2 aromatic rings. The molecule has 0 aliphatic carbocycles. The summed E-state index contributed by atoms with van der Waals surface area (Å²) in [4.78, 5) is 14.1. The Morgan fingerprint density at radius 1 is 1.24 bits per heavy atom. The molecule has 1 heterocycles. The van der Waals surface area contributed by atoms with Gasteiger partial charge in [0.2, 0.25) is 5.95 Å². The highest BCUT2D eigenvalue weighted by Gasteiger charge is 2.30. The molecular formula is C14H9F4NO2. The molecule has 0 radical (unpaired) electrons. The van der Waals surface area contributed by atoms with E-state index in [-0.39, 0.29) is 16.7 Å². The zero-order chi connectivity index (χ0) is 15.6. The molecule has 0 aliphatic heterocycles. The lowest BCUT2D eigenvalue weighted by Gasteiger charge is -2.11. The first-order valence-electron chi connectivity index (χ1n) is 5.81. The first-order chi connectivity index (χ1) is 9.77. The Balaban J connectivity index is 2.54.